The maximum absolute atomic E-state index is 7.83. The van der Waals surface area contributed by atoms with Crippen LogP contribution in [0.15, 0.2) is 0 Å². The molecule has 2 aliphatic rings. The minimum atomic E-state index is -0.272. The van der Waals surface area contributed by atoms with E-state index in [9.17, 15) is 0 Å². The molecule has 80 valence electrons. The van der Waals surface area contributed by atoms with Crippen molar-refractivity contribution in [3.8, 4) is 0 Å². The molecule has 4 nitrogen and oxygen atoms in total. The van der Waals surface area contributed by atoms with Crippen molar-refractivity contribution in [2.45, 2.75) is 31.9 Å². The van der Waals surface area contributed by atoms with Crippen LogP contribution in [0.4, 0.5) is 0 Å². The quantitative estimate of drug-likeness (QED) is 0.516. The molecule has 2 N–H and O–H groups in total. The molecule has 0 aromatic rings. The van der Waals surface area contributed by atoms with E-state index < -0.39 is 0 Å². The molecule has 2 unspecified atom stereocenters. The topological polar surface area (TPSA) is 54.3 Å². The van der Waals surface area contributed by atoms with Gasteiger partial charge in [-0.3, -0.25) is 10.7 Å². The first-order valence-corrected chi connectivity index (χ1v) is 5.39. The highest BCUT2D eigenvalue weighted by molar-refractivity contribution is 5.77. The van der Waals surface area contributed by atoms with Crippen molar-refractivity contribution in [2.24, 2.45) is 5.92 Å². The number of hydrogen-bond acceptors (Lipinski definition) is 4. The monoisotopic (exact) mass is 198 g/mol. The van der Waals surface area contributed by atoms with Gasteiger partial charge in [0.25, 0.3) is 0 Å². The highest BCUT2D eigenvalue weighted by Crippen LogP contribution is 2.39. The number of nitrogens with one attached hydrogen (secondary N) is 2. The summed E-state index contributed by atoms with van der Waals surface area (Å²) < 4.78 is 11.0. The molecule has 1 saturated carbocycles. The molecule has 0 radical (unpaired) electrons. The first kappa shape index (κ1) is 9.93. The second-order valence-electron chi connectivity index (χ2n) is 3.91. The van der Waals surface area contributed by atoms with E-state index in [2.05, 4.69) is 5.32 Å². The van der Waals surface area contributed by atoms with Crippen LogP contribution in [0.2, 0.25) is 0 Å². The number of rotatable bonds is 2. The maximum Gasteiger partial charge on any atom is 0.187 e. The maximum atomic E-state index is 7.83. The predicted molar refractivity (Wildman–Crippen MR) is 53.4 cm³/mol. The van der Waals surface area contributed by atoms with E-state index in [1.165, 1.54) is 0 Å². The second kappa shape index (κ2) is 3.87. The van der Waals surface area contributed by atoms with Crippen molar-refractivity contribution in [2.75, 3.05) is 19.8 Å². The Morgan fingerprint density at radius 3 is 3.21 bits per heavy atom. The summed E-state index contributed by atoms with van der Waals surface area (Å²) in [5.41, 5.74) is -0.272. The first-order chi connectivity index (χ1) is 6.78. The van der Waals surface area contributed by atoms with Crippen LogP contribution in [-0.2, 0) is 9.47 Å². The van der Waals surface area contributed by atoms with Crippen LogP contribution in [-0.4, -0.2) is 31.4 Å². The Labute approximate surface area is 84.5 Å². The largest absolute Gasteiger partial charge is 0.481 e. The molecular weight excluding hydrogens is 180 g/mol. The average molecular weight is 198 g/mol. The molecule has 0 bridgehead atoms. The van der Waals surface area contributed by atoms with Crippen molar-refractivity contribution in [3.05, 3.63) is 0 Å². The molecule has 1 aliphatic carbocycles. The van der Waals surface area contributed by atoms with Gasteiger partial charge in [0.05, 0.1) is 19.1 Å². The predicted octanol–water partition coefficient (Wildman–Crippen LogP) is 1.12. The molecule has 1 saturated heterocycles. The third-order valence-corrected chi connectivity index (χ3v) is 3.11. The SMILES string of the molecule is CCOC(=N)C1CCCC12NCCO2. The lowest BCUT2D eigenvalue weighted by atomic mass is 9.99. The summed E-state index contributed by atoms with van der Waals surface area (Å²) in [4.78, 5) is 0. The van der Waals surface area contributed by atoms with Crippen molar-refractivity contribution in [1.29, 1.82) is 5.41 Å². The lowest BCUT2D eigenvalue weighted by Gasteiger charge is -2.30. The number of ether oxygens (including phenoxy) is 2. The summed E-state index contributed by atoms with van der Waals surface area (Å²) in [7, 11) is 0. The normalized spacial score (nSPS) is 36.5. The van der Waals surface area contributed by atoms with Crippen molar-refractivity contribution < 1.29 is 9.47 Å². The van der Waals surface area contributed by atoms with Crippen LogP contribution < -0.4 is 5.32 Å². The molecular formula is C10H18N2O2. The Hall–Kier alpha value is -0.610. The van der Waals surface area contributed by atoms with Gasteiger partial charge >= 0.3 is 0 Å². The van der Waals surface area contributed by atoms with Crippen LogP contribution in [0.3, 0.4) is 0 Å². The molecule has 1 aliphatic heterocycles. The Balaban J connectivity index is 2.06. The van der Waals surface area contributed by atoms with E-state index in [0.29, 0.717) is 12.5 Å². The number of hydrogen-bond donors (Lipinski definition) is 2. The highest BCUT2D eigenvalue weighted by Gasteiger charge is 2.48. The smallest absolute Gasteiger partial charge is 0.187 e. The molecule has 1 heterocycles. The molecule has 14 heavy (non-hydrogen) atoms. The summed E-state index contributed by atoms with van der Waals surface area (Å²) in [5, 5.41) is 11.2. The molecule has 2 rings (SSSR count). The van der Waals surface area contributed by atoms with Crippen LogP contribution >= 0.6 is 0 Å². The molecule has 2 atom stereocenters. The zero-order valence-electron chi connectivity index (χ0n) is 8.64. The summed E-state index contributed by atoms with van der Waals surface area (Å²) >= 11 is 0. The Morgan fingerprint density at radius 1 is 1.71 bits per heavy atom. The van der Waals surface area contributed by atoms with Gasteiger partial charge in [0, 0.05) is 6.54 Å². The van der Waals surface area contributed by atoms with Crippen molar-refractivity contribution in [1.82, 2.24) is 5.32 Å². The van der Waals surface area contributed by atoms with Gasteiger partial charge in [-0.15, -0.1) is 0 Å². The zero-order chi connectivity index (χ0) is 10.0. The van der Waals surface area contributed by atoms with Crippen molar-refractivity contribution in [3.63, 3.8) is 0 Å². The minimum absolute atomic E-state index is 0.116. The fraction of sp³-hybridized carbons (Fsp3) is 0.900. The van der Waals surface area contributed by atoms with Crippen molar-refractivity contribution >= 4 is 5.90 Å². The fourth-order valence-electron chi connectivity index (χ4n) is 2.51. The Bertz CT molecular complexity index is 219. The van der Waals surface area contributed by atoms with Crippen LogP contribution in [0.1, 0.15) is 26.2 Å². The average Bonchev–Trinajstić information content (AvgIpc) is 2.78. The highest BCUT2D eigenvalue weighted by atomic mass is 16.5. The molecule has 0 amide bonds. The van der Waals surface area contributed by atoms with Crippen LogP contribution in [0, 0.1) is 11.3 Å². The molecule has 2 fully saturated rings. The van der Waals surface area contributed by atoms with E-state index in [4.69, 9.17) is 14.9 Å². The zero-order valence-corrected chi connectivity index (χ0v) is 8.64. The van der Waals surface area contributed by atoms with E-state index >= 15 is 0 Å². The van der Waals surface area contributed by atoms with Gasteiger partial charge < -0.3 is 9.47 Å². The van der Waals surface area contributed by atoms with E-state index in [-0.39, 0.29) is 11.6 Å². The van der Waals surface area contributed by atoms with Crippen LogP contribution in [0.5, 0.6) is 0 Å². The lowest BCUT2D eigenvalue weighted by Crippen LogP contribution is -2.47. The Morgan fingerprint density at radius 2 is 2.57 bits per heavy atom. The van der Waals surface area contributed by atoms with Gasteiger partial charge in [0.15, 0.2) is 5.90 Å². The summed E-state index contributed by atoms with van der Waals surface area (Å²) in [6.07, 6.45) is 3.13. The van der Waals surface area contributed by atoms with Gasteiger partial charge in [-0.05, 0) is 26.2 Å². The third-order valence-electron chi connectivity index (χ3n) is 3.11. The summed E-state index contributed by atoms with van der Waals surface area (Å²) in [6.45, 7) is 4.15. The Kier molecular flexibility index (Phi) is 2.74. The second-order valence-corrected chi connectivity index (χ2v) is 3.91. The fourth-order valence-corrected chi connectivity index (χ4v) is 2.51. The van der Waals surface area contributed by atoms with E-state index in [1.54, 1.807) is 0 Å². The van der Waals surface area contributed by atoms with Crippen LogP contribution in [0.25, 0.3) is 0 Å². The molecule has 0 aromatic heterocycles. The summed E-state index contributed by atoms with van der Waals surface area (Å²) in [5.74, 6) is 0.504. The molecule has 4 heteroatoms. The van der Waals surface area contributed by atoms with E-state index in [1.807, 2.05) is 6.92 Å². The third kappa shape index (κ3) is 1.53. The van der Waals surface area contributed by atoms with Gasteiger partial charge in [-0.2, -0.15) is 0 Å². The van der Waals surface area contributed by atoms with Gasteiger partial charge in [0.1, 0.15) is 5.72 Å². The van der Waals surface area contributed by atoms with Gasteiger partial charge in [-0.25, -0.2) is 0 Å². The van der Waals surface area contributed by atoms with Gasteiger partial charge in [-0.1, -0.05) is 0 Å². The standard InChI is InChI=1S/C10H18N2O2/c1-2-13-9(11)8-4-3-5-10(8)12-6-7-14-10/h8,11-12H,2-7H2,1H3. The first-order valence-electron chi connectivity index (χ1n) is 5.39. The minimum Gasteiger partial charge on any atom is -0.481 e. The summed E-state index contributed by atoms with van der Waals surface area (Å²) in [6, 6.07) is 0. The lowest BCUT2D eigenvalue weighted by molar-refractivity contribution is -0.0274. The molecule has 0 aromatic carbocycles. The van der Waals surface area contributed by atoms with E-state index in [0.717, 1.165) is 32.4 Å². The molecule has 1 spiro atoms. The van der Waals surface area contributed by atoms with Gasteiger partial charge in [0.2, 0.25) is 0 Å².